The van der Waals surface area contributed by atoms with Crippen molar-refractivity contribution in [3.8, 4) is 11.4 Å². The normalized spacial score (nSPS) is 11.3. The zero-order valence-corrected chi connectivity index (χ0v) is 18.2. The second kappa shape index (κ2) is 7.93. The van der Waals surface area contributed by atoms with Gasteiger partial charge in [0.05, 0.1) is 22.7 Å². The summed E-state index contributed by atoms with van der Waals surface area (Å²) in [6, 6.07) is 17.0. The molecule has 2 aromatic carbocycles. The van der Waals surface area contributed by atoms with Crippen LogP contribution in [0, 0.1) is 6.92 Å². The van der Waals surface area contributed by atoms with Gasteiger partial charge in [-0.2, -0.15) is 4.68 Å². The highest BCUT2D eigenvalue weighted by Gasteiger charge is 2.22. The summed E-state index contributed by atoms with van der Waals surface area (Å²) in [6.07, 6.45) is 0. The van der Waals surface area contributed by atoms with E-state index in [4.69, 9.17) is 5.73 Å². The number of rotatable bonds is 5. The van der Waals surface area contributed by atoms with Crippen molar-refractivity contribution in [1.29, 1.82) is 0 Å². The number of benzene rings is 2. The van der Waals surface area contributed by atoms with E-state index in [0.29, 0.717) is 28.2 Å². The standard InChI is InChI=1S/C21H19N9OS/c1-13-18(20(31)30(28(13)2)14-8-4-3-5-9-14)29-21(25-26-27-29)32-12-17-23-16-11-7-6-10-15(16)19(22)24-17/h3-11H,12H2,1-2H3,(H2,22,23,24). The van der Waals surface area contributed by atoms with Gasteiger partial charge >= 0.3 is 0 Å². The van der Waals surface area contributed by atoms with Gasteiger partial charge in [-0.25, -0.2) is 14.6 Å². The van der Waals surface area contributed by atoms with Crippen LogP contribution in [-0.2, 0) is 12.8 Å². The van der Waals surface area contributed by atoms with Gasteiger partial charge in [-0.3, -0.25) is 9.48 Å². The van der Waals surface area contributed by atoms with Crippen LogP contribution in [0.15, 0.2) is 64.5 Å². The maximum Gasteiger partial charge on any atom is 0.297 e. The van der Waals surface area contributed by atoms with E-state index in [2.05, 4.69) is 25.5 Å². The Labute approximate surface area is 186 Å². The Bertz CT molecular complexity index is 1490. The van der Waals surface area contributed by atoms with Crippen molar-refractivity contribution in [2.75, 3.05) is 5.73 Å². The van der Waals surface area contributed by atoms with Crippen LogP contribution in [-0.4, -0.2) is 39.5 Å². The lowest BCUT2D eigenvalue weighted by atomic mass is 10.2. The van der Waals surface area contributed by atoms with Gasteiger partial charge in [0.15, 0.2) is 5.69 Å². The molecule has 0 unspecified atom stereocenters. The van der Waals surface area contributed by atoms with E-state index in [1.165, 1.54) is 16.4 Å². The number of anilines is 1. The van der Waals surface area contributed by atoms with Crippen LogP contribution in [0.3, 0.4) is 0 Å². The van der Waals surface area contributed by atoms with E-state index in [0.717, 1.165) is 22.3 Å². The van der Waals surface area contributed by atoms with Crippen molar-refractivity contribution in [3.63, 3.8) is 0 Å². The summed E-state index contributed by atoms with van der Waals surface area (Å²) in [4.78, 5) is 22.3. The van der Waals surface area contributed by atoms with Gasteiger partial charge < -0.3 is 5.73 Å². The topological polar surface area (TPSA) is 122 Å². The summed E-state index contributed by atoms with van der Waals surface area (Å²) in [6.45, 7) is 1.86. The molecule has 5 rings (SSSR count). The third-order valence-electron chi connectivity index (χ3n) is 5.19. The molecule has 0 aliphatic heterocycles. The van der Waals surface area contributed by atoms with E-state index in [-0.39, 0.29) is 5.56 Å². The van der Waals surface area contributed by atoms with Gasteiger partial charge in [0.25, 0.3) is 5.56 Å². The molecule has 0 fully saturated rings. The van der Waals surface area contributed by atoms with Crippen molar-refractivity contribution in [3.05, 3.63) is 76.5 Å². The van der Waals surface area contributed by atoms with Gasteiger partial charge in [0, 0.05) is 12.4 Å². The fraction of sp³-hybridized carbons (Fsp3) is 0.143. The Morgan fingerprint density at radius 1 is 1.03 bits per heavy atom. The summed E-state index contributed by atoms with van der Waals surface area (Å²) >= 11 is 1.34. The van der Waals surface area contributed by atoms with Gasteiger partial charge in [-0.15, -0.1) is 5.10 Å². The Kier molecular flexibility index (Phi) is 4.94. The molecule has 3 aromatic heterocycles. The summed E-state index contributed by atoms with van der Waals surface area (Å²) in [5.74, 6) is 1.39. The van der Waals surface area contributed by atoms with Crippen LogP contribution in [0.1, 0.15) is 11.5 Å². The SMILES string of the molecule is Cc1c(-n2nnnc2SCc2nc(N)c3ccccc3n2)c(=O)n(-c2ccccc2)n1C. The lowest BCUT2D eigenvalue weighted by Gasteiger charge is -2.07. The first-order chi connectivity index (χ1) is 15.5. The molecule has 0 aliphatic rings. The minimum atomic E-state index is -0.212. The first-order valence-electron chi connectivity index (χ1n) is 9.81. The summed E-state index contributed by atoms with van der Waals surface area (Å²) in [7, 11) is 1.83. The van der Waals surface area contributed by atoms with Crippen molar-refractivity contribution < 1.29 is 0 Å². The summed E-state index contributed by atoms with van der Waals surface area (Å²) < 4.78 is 4.84. The Balaban J connectivity index is 1.49. The largest absolute Gasteiger partial charge is 0.383 e. The molecule has 3 heterocycles. The fourth-order valence-corrected chi connectivity index (χ4v) is 4.28. The highest BCUT2D eigenvalue weighted by atomic mass is 32.2. The zero-order valence-electron chi connectivity index (χ0n) is 17.4. The molecule has 2 N–H and O–H groups in total. The van der Waals surface area contributed by atoms with Crippen LogP contribution in [0.25, 0.3) is 22.3 Å². The smallest absolute Gasteiger partial charge is 0.297 e. The zero-order chi connectivity index (χ0) is 22.2. The van der Waals surface area contributed by atoms with Crippen LogP contribution in [0.2, 0.25) is 0 Å². The van der Waals surface area contributed by atoms with E-state index in [1.807, 2.05) is 68.6 Å². The van der Waals surface area contributed by atoms with Crippen LogP contribution in [0.5, 0.6) is 0 Å². The maximum absolute atomic E-state index is 13.3. The van der Waals surface area contributed by atoms with Crippen LogP contribution in [0.4, 0.5) is 5.82 Å². The Hall–Kier alpha value is -3.99. The monoisotopic (exact) mass is 445 g/mol. The Morgan fingerprint density at radius 2 is 1.78 bits per heavy atom. The van der Waals surface area contributed by atoms with Crippen molar-refractivity contribution in [1.82, 2.24) is 39.5 Å². The number of aromatic nitrogens is 8. The molecule has 32 heavy (non-hydrogen) atoms. The number of fused-ring (bicyclic) bond motifs is 1. The van der Waals surface area contributed by atoms with E-state index < -0.39 is 0 Å². The molecule has 0 spiro atoms. The highest BCUT2D eigenvalue weighted by molar-refractivity contribution is 7.98. The maximum atomic E-state index is 13.3. The van der Waals surface area contributed by atoms with Gasteiger partial charge in [0.1, 0.15) is 11.6 Å². The molecule has 0 saturated carbocycles. The number of para-hydroxylation sites is 2. The van der Waals surface area contributed by atoms with Crippen molar-refractivity contribution >= 4 is 28.5 Å². The predicted molar refractivity (Wildman–Crippen MR) is 122 cm³/mol. The van der Waals surface area contributed by atoms with Gasteiger partial charge in [-0.05, 0) is 41.6 Å². The van der Waals surface area contributed by atoms with Gasteiger partial charge in [0.2, 0.25) is 5.16 Å². The summed E-state index contributed by atoms with van der Waals surface area (Å²) in [5.41, 5.74) is 8.54. The summed E-state index contributed by atoms with van der Waals surface area (Å²) in [5, 5.41) is 13.3. The van der Waals surface area contributed by atoms with E-state index >= 15 is 0 Å². The molecule has 160 valence electrons. The number of hydrogen-bond acceptors (Lipinski definition) is 8. The quantitative estimate of drug-likeness (QED) is 0.409. The average Bonchev–Trinajstić information content (AvgIpc) is 3.34. The highest BCUT2D eigenvalue weighted by Crippen LogP contribution is 2.24. The predicted octanol–water partition coefficient (Wildman–Crippen LogP) is 2.28. The first-order valence-corrected chi connectivity index (χ1v) is 10.8. The first kappa shape index (κ1) is 19.9. The number of tetrazole rings is 1. The van der Waals surface area contributed by atoms with E-state index in [1.54, 1.807) is 9.36 Å². The van der Waals surface area contributed by atoms with E-state index in [9.17, 15) is 4.79 Å². The molecule has 0 radical (unpaired) electrons. The van der Waals surface area contributed by atoms with Crippen LogP contribution >= 0.6 is 11.8 Å². The average molecular weight is 446 g/mol. The molecule has 10 nitrogen and oxygen atoms in total. The van der Waals surface area contributed by atoms with Gasteiger partial charge in [-0.1, -0.05) is 42.1 Å². The van der Waals surface area contributed by atoms with Crippen molar-refractivity contribution in [2.24, 2.45) is 7.05 Å². The molecule has 0 atom stereocenters. The molecule has 5 aromatic rings. The molecule has 0 bridgehead atoms. The molecule has 0 saturated heterocycles. The lowest BCUT2D eigenvalue weighted by molar-refractivity contribution is 0.630. The fourth-order valence-electron chi connectivity index (χ4n) is 3.55. The number of nitrogens with zero attached hydrogens (tertiary/aromatic N) is 8. The second-order valence-corrected chi connectivity index (χ2v) is 8.06. The molecule has 0 amide bonds. The number of nitrogen functional groups attached to an aromatic ring is 1. The molecule has 11 heteroatoms. The van der Waals surface area contributed by atoms with Crippen molar-refractivity contribution in [2.45, 2.75) is 17.8 Å². The lowest BCUT2D eigenvalue weighted by Crippen LogP contribution is -2.22. The Morgan fingerprint density at radius 3 is 2.59 bits per heavy atom. The number of hydrogen-bond donors (Lipinski definition) is 1. The number of thioether (sulfide) groups is 1. The second-order valence-electron chi connectivity index (χ2n) is 7.11. The third kappa shape index (κ3) is 3.32. The molecular weight excluding hydrogens is 426 g/mol. The minimum absolute atomic E-state index is 0.212. The molecule has 0 aliphatic carbocycles. The molecular formula is C21H19N9OS. The van der Waals surface area contributed by atoms with Crippen LogP contribution < -0.4 is 11.3 Å². The minimum Gasteiger partial charge on any atom is -0.383 e. The number of nitrogens with two attached hydrogens (primary N) is 1. The third-order valence-corrected chi connectivity index (χ3v) is 6.10.